The summed E-state index contributed by atoms with van der Waals surface area (Å²) in [6, 6.07) is 0. The maximum absolute atomic E-state index is 2.83. The molecule has 0 bridgehead atoms. The van der Waals surface area contributed by atoms with Gasteiger partial charge >= 0.3 is 0 Å². The van der Waals surface area contributed by atoms with Crippen molar-refractivity contribution in [3.8, 4) is 0 Å². The zero-order chi connectivity index (χ0) is 17.2. The fourth-order valence-corrected chi connectivity index (χ4v) is 13.0. The van der Waals surface area contributed by atoms with Crippen molar-refractivity contribution in [3.05, 3.63) is 0 Å². The van der Waals surface area contributed by atoms with Gasteiger partial charge in [0.2, 0.25) is 0 Å². The highest BCUT2D eigenvalue weighted by atomic mass is 28.3. The van der Waals surface area contributed by atoms with Crippen LogP contribution in [0.4, 0.5) is 0 Å². The van der Waals surface area contributed by atoms with Crippen LogP contribution in [0.15, 0.2) is 0 Å². The summed E-state index contributed by atoms with van der Waals surface area (Å²) in [5.41, 5.74) is 2.40. The minimum absolute atomic E-state index is 1.05. The molecule has 4 rings (SSSR count). The second-order valence-corrected chi connectivity index (χ2v) is 15.4. The molecule has 0 heterocycles. The van der Waals surface area contributed by atoms with Crippen molar-refractivity contribution in [2.45, 2.75) is 121 Å². The molecular weight excluding hydrogens is 304 g/mol. The molecular formula is C23H44Si. The molecule has 140 valence electrons. The van der Waals surface area contributed by atoms with E-state index in [1.807, 2.05) is 0 Å². The normalized spacial score (nSPS) is 42.0. The van der Waals surface area contributed by atoms with Crippen LogP contribution in [-0.4, -0.2) is 8.07 Å². The van der Waals surface area contributed by atoms with E-state index in [2.05, 4.69) is 26.9 Å². The first kappa shape index (κ1) is 19.0. The van der Waals surface area contributed by atoms with E-state index in [1.54, 1.807) is 77.0 Å². The lowest BCUT2D eigenvalue weighted by Crippen LogP contribution is -2.43. The Bertz CT molecular complexity index is 353. The molecule has 4 fully saturated rings. The smallest absolute Gasteiger partial charge is 0.0541 e. The van der Waals surface area contributed by atoms with Crippen molar-refractivity contribution in [1.82, 2.24) is 0 Å². The second-order valence-electron chi connectivity index (χ2n) is 10.3. The third-order valence-corrected chi connectivity index (χ3v) is 13.8. The molecule has 0 aliphatic heterocycles. The molecule has 0 spiro atoms. The molecule has 4 aliphatic rings. The highest BCUT2D eigenvalue weighted by molar-refractivity contribution is 6.80. The first-order valence-corrected chi connectivity index (χ1v) is 14.7. The maximum Gasteiger partial charge on any atom is 0.0541 e. The zero-order valence-corrected chi connectivity index (χ0v) is 18.2. The van der Waals surface area contributed by atoms with E-state index in [0.29, 0.717) is 0 Å². The minimum atomic E-state index is -1.05. The summed E-state index contributed by atoms with van der Waals surface area (Å²) < 4.78 is 0. The van der Waals surface area contributed by atoms with Gasteiger partial charge in [-0.25, -0.2) is 0 Å². The first-order valence-electron chi connectivity index (χ1n) is 11.6. The van der Waals surface area contributed by atoms with Gasteiger partial charge in [-0.3, -0.25) is 0 Å². The molecule has 4 aliphatic carbocycles. The fraction of sp³-hybridized carbons (Fsp3) is 1.00. The Balaban J connectivity index is 0.000000526. The lowest BCUT2D eigenvalue weighted by Gasteiger charge is -2.45. The van der Waals surface area contributed by atoms with Gasteiger partial charge in [0.05, 0.1) is 8.07 Å². The van der Waals surface area contributed by atoms with Crippen LogP contribution in [0.1, 0.15) is 97.3 Å². The largest absolute Gasteiger partial charge is 0.0689 e. The highest BCUT2D eigenvalue weighted by Crippen LogP contribution is 2.61. The molecule has 0 radical (unpaired) electrons. The number of rotatable bonds is 2. The van der Waals surface area contributed by atoms with E-state index in [9.17, 15) is 0 Å². The van der Waals surface area contributed by atoms with Crippen LogP contribution < -0.4 is 0 Å². The molecule has 1 heteroatoms. The molecule has 0 amide bonds. The van der Waals surface area contributed by atoms with Crippen molar-refractivity contribution in [2.24, 2.45) is 23.7 Å². The summed E-state index contributed by atoms with van der Waals surface area (Å²) in [6.45, 7) is 9.91. The van der Waals surface area contributed by atoms with Gasteiger partial charge in [-0.2, -0.15) is 0 Å². The number of hydrogen-bond acceptors (Lipinski definition) is 0. The Morgan fingerprint density at radius 2 is 0.958 bits per heavy atom. The van der Waals surface area contributed by atoms with Gasteiger partial charge in [0.1, 0.15) is 0 Å². The molecule has 0 saturated heterocycles. The summed E-state index contributed by atoms with van der Waals surface area (Å²) >= 11 is 0. The van der Waals surface area contributed by atoms with Gasteiger partial charge in [-0.15, -0.1) is 0 Å². The van der Waals surface area contributed by atoms with Crippen LogP contribution in [-0.2, 0) is 0 Å². The molecule has 4 saturated carbocycles. The van der Waals surface area contributed by atoms with Gasteiger partial charge in [0.25, 0.3) is 0 Å². The zero-order valence-electron chi connectivity index (χ0n) is 17.2. The molecule has 0 aromatic carbocycles. The minimum Gasteiger partial charge on any atom is -0.0689 e. The van der Waals surface area contributed by atoms with E-state index in [-0.39, 0.29) is 0 Å². The number of hydrogen-bond donors (Lipinski definition) is 0. The van der Waals surface area contributed by atoms with E-state index in [0.717, 1.165) is 11.8 Å². The second kappa shape index (κ2) is 8.27. The van der Waals surface area contributed by atoms with Gasteiger partial charge in [-0.05, 0) is 34.8 Å². The molecule has 0 aromatic heterocycles. The van der Waals surface area contributed by atoms with Gasteiger partial charge in [0, 0.05) is 0 Å². The lowest BCUT2D eigenvalue weighted by atomic mass is 9.81. The lowest BCUT2D eigenvalue weighted by molar-refractivity contribution is 0.263. The Kier molecular flexibility index (Phi) is 6.55. The molecule has 0 nitrogen and oxygen atoms in total. The predicted octanol–water partition coefficient (Wildman–Crippen LogP) is 8.05. The Hall–Kier alpha value is 0.217. The molecule has 6 atom stereocenters. The highest BCUT2D eigenvalue weighted by Gasteiger charge is 2.53. The van der Waals surface area contributed by atoms with Crippen molar-refractivity contribution < 1.29 is 0 Å². The molecule has 0 N–H and O–H groups in total. The van der Waals surface area contributed by atoms with Gasteiger partial charge in [0.15, 0.2) is 0 Å². The average molecular weight is 349 g/mol. The van der Waals surface area contributed by atoms with Crippen LogP contribution in [0, 0.1) is 23.7 Å². The molecule has 24 heavy (non-hydrogen) atoms. The third-order valence-electron chi connectivity index (χ3n) is 8.58. The van der Waals surface area contributed by atoms with E-state index in [1.165, 1.54) is 29.3 Å². The third kappa shape index (κ3) is 3.67. The summed E-state index contributed by atoms with van der Waals surface area (Å²) in [6.07, 6.45) is 20.3. The van der Waals surface area contributed by atoms with Crippen LogP contribution in [0.3, 0.4) is 0 Å². The summed E-state index contributed by atoms with van der Waals surface area (Å²) in [7, 11) is -1.05. The van der Waals surface area contributed by atoms with Gasteiger partial charge < -0.3 is 0 Å². The van der Waals surface area contributed by atoms with Crippen molar-refractivity contribution in [1.29, 1.82) is 0 Å². The maximum atomic E-state index is 2.83. The van der Waals surface area contributed by atoms with E-state index >= 15 is 0 Å². The number of fused-ring (bicyclic) bond motifs is 2. The van der Waals surface area contributed by atoms with Crippen LogP contribution in [0.2, 0.25) is 24.2 Å². The van der Waals surface area contributed by atoms with E-state index in [4.69, 9.17) is 0 Å². The van der Waals surface area contributed by atoms with Crippen LogP contribution in [0.5, 0.6) is 0 Å². The average Bonchev–Trinajstić information content (AvgIpc) is 3.20. The van der Waals surface area contributed by atoms with Gasteiger partial charge in [-0.1, -0.05) is 110 Å². The molecule has 6 unspecified atom stereocenters. The van der Waals surface area contributed by atoms with Crippen LogP contribution in [0.25, 0.3) is 0 Å². The first-order chi connectivity index (χ1) is 11.6. The van der Waals surface area contributed by atoms with Crippen LogP contribution >= 0.6 is 0 Å². The monoisotopic (exact) mass is 348 g/mol. The molecule has 0 aromatic rings. The SMILES string of the molecule is CCC.C[Si](C)(C1CCC2CCCCC21)C1CCC2CCCCC21. The fourth-order valence-electron chi connectivity index (χ4n) is 7.59. The Labute approximate surface area is 153 Å². The predicted molar refractivity (Wildman–Crippen MR) is 110 cm³/mol. The Morgan fingerprint density at radius 3 is 1.38 bits per heavy atom. The standard InChI is InChI=1S/C20H36Si.C3H8/c1-21(2,19-13-11-15-7-3-5-9-17(15)19)20-14-12-16-8-4-6-10-18(16)20;1-3-2/h15-20H,3-14H2,1-2H3;3H2,1-2H3. The summed E-state index contributed by atoms with van der Waals surface area (Å²) in [5.74, 6) is 4.64. The van der Waals surface area contributed by atoms with Crippen molar-refractivity contribution in [3.63, 3.8) is 0 Å². The summed E-state index contributed by atoms with van der Waals surface area (Å²) in [5, 5.41) is 0. The topological polar surface area (TPSA) is 0 Å². The Morgan fingerprint density at radius 1 is 0.583 bits per heavy atom. The van der Waals surface area contributed by atoms with Crippen molar-refractivity contribution >= 4 is 8.07 Å². The van der Waals surface area contributed by atoms with E-state index < -0.39 is 8.07 Å². The van der Waals surface area contributed by atoms with Crippen molar-refractivity contribution in [2.75, 3.05) is 0 Å². The summed E-state index contributed by atoms with van der Waals surface area (Å²) in [4.78, 5) is 0. The quantitative estimate of drug-likeness (QED) is 0.443.